The second-order valence-corrected chi connectivity index (χ2v) is 6.01. The van der Waals surface area contributed by atoms with E-state index in [1.54, 1.807) is 21.8 Å². The number of hydrogen-bond donors (Lipinski definition) is 1. The quantitative estimate of drug-likeness (QED) is 0.870. The number of anilines is 1. The van der Waals surface area contributed by atoms with Gasteiger partial charge in [0.2, 0.25) is 11.8 Å². The summed E-state index contributed by atoms with van der Waals surface area (Å²) < 4.78 is 7.50. The molecule has 1 N–H and O–H groups in total. The fourth-order valence-corrected chi connectivity index (χ4v) is 3.00. The van der Waals surface area contributed by atoms with Crippen molar-refractivity contribution in [2.75, 3.05) is 18.5 Å². The molecule has 2 heterocycles. The van der Waals surface area contributed by atoms with Gasteiger partial charge in [0, 0.05) is 37.6 Å². The lowest BCUT2D eigenvalue weighted by Crippen LogP contribution is -2.42. The van der Waals surface area contributed by atoms with Crippen molar-refractivity contribution in [1.82, 2.24) is 14.7 Å². The number of amides is 2. The molecule has 0 radical (unpaired) electrons. The Morgan fingerprint density at radius 3 is 3.00 bits per heavy atom. The second-order valence-electron chi connectivity index (χ2n) is 6.01. The van der Waals surface area contributed by atoms with Crippen LogP contribution in [-0.4, -0.2) is 45.7 Å². The summed E-state index contributed by atoms with van der Waals surface area (Å²) in [4.78, 5) is 25.7. The maximum absolute atomic E-state index is 12.5. The molecule has 1 aromatic carbocycles. The van der Waals surface area contributed by atoms with Crippen LogP contribution in [0.15, 0.2) is 42.7 Å². The highest BCUT2D eigenvalue weighted by Gasteiger charge is 2.32. The molecule has 2 aromatic rings. The van der Waals surface area contributed by atoms with Crippen molar-refractivity contribution in [3.8, 4) is 5.75 Å². The minimum absolute atomic E-state index is 0.0617. The van der Waals surface area contributed by atoms with Gasteiger partial charge in [-0.15, -0.1) is 0 Å². The molecule has 0 bridgehead atoms. The van der Waals surface area contributed by atoms with Gasteiger partial charge in [-0.2, -0.15) is 5.10 Å². The molecular formula is C18H22N4O3. The Hall–Kier alpha value is -2.83. The minimum Gasteiger partial charge on any atom is -0.492 e. The number of nitrogens with one attached hydrogen (secondary N) is 1. The van der Waals surface area contributed by atoms with Gasteiger partial charge in [-0.3, -0.25) is 14.3 Å². The van der Waals surface area contributed by atoms with Gasteiger partial charge in [0.25, 0.3) is 0 Å². The van der Waals surface area contributed by atoms with Crippen molar-refractivity contribution in [3.05, 3.63) is 42.7 Å². The topological polar surface area (TPSA) is 76.5 Å². The van der Waals surface area contributed by atoms with Crippen molar-refractivity contribution < 1.29 is 14.3 Å². The molecular weight excluding hydrogens is 320 g/mol. The number of rotatable bonds is 6. The SMILES string of the molecule is CC(=O)N1CCCC1C(=O)Nc1cccc(OCCn2cccn2)c1. The Kier molecular flexibility index (Phi) is 5.33. The van der Waals surface area contributed by atoms with Gasteiger partial charge in [-0.1, -0.05) is 6.07 Å². The number of benzene rings is 1. The molecule has 1 unspecified atom stereocenters. The molecule has 7 heteroatoms. The molecule has 0 spiro atoms. The van der Waals surface area contributed by atoms with E-state index in [9.17, 15) is 9.59 Å². The average molecular weight is 342 g/mol. The summed E-state index contributed by atoms with van der Waals surface area (Å²) in [5.41, 5.74) is 0.664. The lowest BCUT2D eigenvalue weighted by molar-refractivity contribution is -0.134. The summed E-state index contributed by atoms with van der Waals surface area (Å²) in [7, 11) is 0. The Bertz CT molecular complexity index is 730. The fourth-order valence-electron chi connectivity index (χ4n) is 3.00. The van der Waals surface area contributed by atoms with Gasteiger partial charge in [0.05, 0.1) is 6.54 Å². The number of aromatic nitrogens is 2. The highest BCUT2D eigenvalue weighted by Crippen LogP contribution is 2.21. The number of ether oxygens (including phenoxy) is 1. The van der Waals surface area contributed by atoms with Crippen molar-refractivity contribution in [2.45, 2.75) is 32.4 Å². The molecule has 1 fully saturated rings. The second kappa shape index (κ2) is 7.83. The van der Waals surface area contributed by atoms with E-state index in [1.165, 1.54) is 6.92 Å². The van der Waals surface area contributed by atoms with Gasteiger partial charge in [0.1, 0.15) is 18.4 Å². The largest absolute Gasteiger partial charge is 0.492 e. The Labute approximate surface area is 146 Å². The summed E-state index contributed by atoms with van der Waals surface area (Å²) in [5, 5.41) is 7.00. The molecule has 0 aliphatic carbocycles. The normalized spacial score (nSPS) is 16.7. The molecule has 1 aliphatic rings. The van der Waals surface area contributed by atoms with E-state index >= 15 is 0 Å². The first-order valence-electron chi connectivity index (χ1n) is 8.42. The fraction of sp³-hybridized carbons (Fsp3) is 0.389. The van der Waals surface area contributed by atoms with Gasteiger partial charge >= 0.3 is 0 Å². The number of carbonyl (C=O) groups excluding carboxylic acids is 2. The van der Waals surface area contributed by atoms with E-state index in [-0.39, 0.29) is 17.9 Å². The van der Waals surface area contributed by atoms with Crippen LogP contribution in [0.4, 0.5) is 5.69 Å². The van der Waals surface area contributed by atoms with E-state index in [1.807, 2.05) is 30.5 Å². The Balaban J connectivity index is 1.55. The summed E-state index contributed by atoms with van der Waals surface area (Å²) in [6.07, 6.45) is 5.16. The van der Waals surface area contributed by atoms with Crippen LogP contribution < -0.4 is 10.1 Å². The van der Waals surface area contributed by atoms with Crippen molar-refractivity contribution >= 4 is 17.5 Å². The maximum atomic E-state index is 12.5. The monoisotopic (exact) mass is 342 g/mol. The van der Waals surface area contributed by atoms with Crippen LogP contribution in [0, 0.1) is 0 Å². The molecule has 1 aromatic heterocycles. The van der Waals surface area contributed by atoms with Crippen LogP contribution in [0.2, 0.25) is 0 Å². The zero-order chi connectivity index (χ0) is 17.6. The lowest BCUT2D eigenvalue weighted by Gasteiger charge is -2.22. The van der Waals surface area contributed by atoms with Crippen LogP contribution in [0.25, 0.3) is 0 Å². The maximum Gasteiger partial charge on any atom is 0.247 e. The molecule has 1 saturated heterocycles. The molecule has 1 aliphatic heterocycles. The summed E-state index contributed by atoms with van der Waals surface area (Å²) >= 11 is 0. The van der Waals surface area contributed by atoms with Crippen molar-refractivity contribution in [1.29, 1.82) is 0 Å². The number of likely N-dealkylation sites (tertiary alicyclic amines) is 1. The van der Waals surface area contributed by atoms with Gasteiger partial charge in [-0.05, 0) is 31.0 Å². The number of carbonyl (C=O) groups is 2. The minimum atomic E-state index is -0.387. The number of hydrogen-bond acceptors (Lipinski definition) is 4. The first-order chi connectivity index (χ1) is 12.1. The van der Waals surface area contributed by atoms with E-state index in [4.69, 9.17) is 4.74 Å². The third-order valence-corrected chi connectivity index (χ3v) is 4.21. The number of nitrogens with zero attached hydrogens (tertiary/aromatic N) is 3. The van der Waals surface area contributed by atoms with Crippen LogP contribution in [-0.2, 0) is 16.1 Å². The highest BCUT2D eigenvalue weighted by atomic mass is 16.5. The average Bonchev–Trinajstić information content (AvgIpc) is 3.27. The van der Waals surface area contributed by atoms with E-state index in [0.29, 0.717) is 37.6 Å². The molecule has 0 saturated carbocycles. The zero-order valence-electron chi connectivity index (χ0n) is 14.2. The third kappa shape index (κ3) is 4.37. The summed E-state index contributed by atoms with van der Waals surface area (Å²) in [6.45, 7) is 3.28. The molecule has 1 atom stereocenters. The predicted octanol–water partition coefficient (Wildman–Crippen LogP) is 1.91. The van der Waals surface area contributed by atoms with Crippen molar-refractivity contribution in [3.63, 3.8) is 0 Å². The Morgan fingerprint density at radius 2 is 2.24 bits per heavy atom. The zero-order valence-corrected chi connectivity index (χ0v) is 14.2. The van der Waals surface area contributed by atoms with Crippen LogP contribution in [0.3, 0.4) is 0 Å². The Morgan fingerprint density at radius 1 is 1.36 bits per heavy atom. The van der Waals surface area contributed by atoms with Crippen LogP contribution >= 0.6 is 0 Å². The molecule has 7 nitrogen and oxygen atoms in total. The molecule has 25 heavy (non-hydrogen) atoms. The third-order valence-electron chi connectivity index (χ3n) is 4.21. The first kappa shape index (κ1) is 17.0. The van der Waals surface area contributed by atoms with Crippen LogP contribution in [0.5, 0.6) is 5.75 Å². The molecule has 132 valence electrons. The highest BCUT2D eigenvalue weighted by molar-refractivity contribution is 5.97. The lowest BCUT2D eigenvalue weighted by atomic mass is 10.2. The van der Waals surface area contributed by atoms with Crippen molar-refractivity contribution in [2.24, 2.45) is 0 Å². The molecule has 2 amide bonds. The van der Waals surface area contributed by atoms with Gasteiger partial charge < -0.3 is 15.0 Å². The summed E-state index contributed by atoms with van der Waals surface area (Å²) in [5.74, 6) is 0.467. The van der Waals surface area contributed by atoms with E-state index in [0.717, 1.165) is 6.42 Å². The van der Waals surface area contributed by atoms with E-state index < -0.39 is 0 Å². The smallest absolute Gasteiger partial charge is 0.247 e. The predicted molar refractivity (Wildman–Crippen MR) is 93.2 cm³/mol. The van der Waals surface area contributed by atoms with Crippen LogP contribution in [0.1, 0.15) is 19.8 Å². The summed E-state index contributed by atoms with van der Waals surface area (Å²) in [6, 6.07) is 8.75. The van der Waals surface area contributed by atoms with Gasteiger partial charge in [-0.25, -0.2) is 0 Å². The van der Waals surface area contributed by atoms with E-state index in [2.05, 4.69) is 10.4 Å². The standard InChI is InChI=1S/C18H22N4O3/c1-14(23)22-10-3-7-17(22)18(24)20-15-5-2-6-16(13-15)25-12-11-21-9-4-8-19-21/h2,4-6,8-9,13,17H,3,7,10-12H2,1H3,(H,20,24). The first-order valence-corrected chi connectivity index (χ1v) is 8.42. The molecule has 3 rings (SSSR count). The van der Waals surface area contributed by atoms with Gasteiger partial charge in [0.15, 0.2) is 0 Å².